The maximum absolute atomic E-state index is 15.5. The predicted octanol–water partition coefficient (Wildman–Crippen LogP) is 30.2. The fraction of sp³-hybridized carbons (Fsp3) is 0.506. The normalized spacial score (nSPS) is 16.2. The summed E-state index contributed by atoms with van der Waals surface area (Å²) in [6.45, 7) is 15.6. The lowest BCUT2D eigenvalue weighted by Crippen LogP contribution is -2.18. The van der Waals surface area contributed by atoms with E-state index in [-0.39, 0.29) is 74.6 Å². The molecule has 5 unspecified atom stereocenters. The number of phenolic OH excluding ortho intramolecular Hbond substituents is 1. The van der Waals surface area contributed by atoms with Gasteiger partial charge in [0.15, 0.2) is 57.9 Å². The van der Waals surface area contributed by atoms with Gasteiger partial charge in [-0.25, -0.2) is 30.7 Å². The van der Waals surface area contributed by atoms with Gasteiger partial charge in [-0.1, -0.05) is 188 Å². The standard InChI is InChI=1S/C33H40F6O3S.C22H20F6O2.C22H19F5OS.C11H22O2S.CH4/c1-4-7-9-21(6-3)20-41-28(40)18-19-43-32-26(16-17-27(31(32)36)42-33(37,38)39)25-15-14-24(29(34)30(25)35)23-12-10-22(8-5-2)11-13-23;1-2-3-12-4-6-13(7-5-12)14-8-9-15(19(24)18(14)23)16-10-11-17(20(25)21(16)29)30-22(26,27)28;1-2-3-12-4-6-13(7-5-12)14-8-9-15-16-10-11-17(28-22(25,26)27)19(24)21(16)29-20(15)18(14)23;1-3-5-6-10(4-2)9-13-11(12)7-8-14;/h12,14-17,21-22H,4-11,13,18-20H2,1-3H3;6,8-12,29H,2-5,7H2,1H3;6,8-12H,2-5,7H2,1H3;10,14H,3-9H2,1-2H3;1H4. The largest absolute Gasteiger partial charge is 0.573 e. The Hall–Kier alpha value is -7.59. The van der Waals surface area contributed by atoms with Gasteiger partial charge in [-0.05, 0) is 153 Å². The zero-order valence-electron chi connectivity index (χ0n) is 66.0. The van der Waals surface area contributed by atoms with E-state index in [9.17, 15) is 71.8 Å². The molecule has 0 saturated heterocycles. The molecule has 1 N–H and O–H groups in total. The number of thiol groups is 1. The van der Waals surface area contributed by atoms with Crippen molar-refractivity contribution in [1.29, 1.82) is 0 Å². The molecule has 3 aliphatic carbocycles. The molecule has 0 amide bonds. The van der Waals surface area contributed by atoms with Gasteiger partial charge < -0.3 is 28.8 Å². The molecule has 0 bridgehead atoms. The van der Waals surface area contributed by atoms with Crippen molar-refractivity contribution < 1.29 is 113 Å². The van der Waals surface area contributed by atoms with Crippen molar-refractivity contribution in [3.05, 3.63) is 154 Å². The summed E-state index contributed by atoms with van der Waals surface area (Å²) in [6.07, 6.45) is 13.1. The number of benzene rings is 6. The van der Waals surface area contributed by atoms with E-state index in [1.165, 1.54) is 49.6 Å². The summed E-state index contributed by atoms with van der Waals surface area (Å²) in [4.78, 5) is 23.0. The summed E-state index contributed by atoms with van der Waals surface area (Å²) < 4.78 is 255. The fourth-order valence-corrected chi connectivity index (χ4v) is 16.8. The zero-order chi connectivity index (χ0) is 85.2. The van der Waals surface area contributed by atoms with Crippen LogP contribution >= 0.6 is 35.7 Å². The second kappa shape index (κ2) is 46.8. The van der Waals surface area contributed by atoms with Crippen molar-refractivity contribution in [1.82, 2.24) is 0 Å². The molecule has 10 rings (SSSR count). The van der Waals surface area contributed by atoms with Crippen LogP contribution in [0.3, 0.4) is 0 Å². The summed E-state index contributed by atoms with van der Waals surface area (Å²) in [5.41, 5.74) is 1.63. The van der Waals surface area contributed by atoms with Crippen LogP contribution in [0.15, 0.2) is 95.9 Å². The van der Waals surface area contributed by atoms with E-state index >= 15 is 17.6 Å². The Labute approximate surface area is 688 Å². The number of carbonyl (C=O) groups excluding carboxylic acids is 2. The first kappa shape index (κ1) is 98.2. The summed E-state index contributed by atoms with van der Waals surface area (Å²) in [7, 11) is 0. The highest BCUT2D eigenvalue weighted by molar-refractivity contribution is 7.99. The van der Waals surface area contributed by atoms with Crippen molar-refractivity contribution >= 4 is 84.6 Å². The van der Waals surface area contributed by atoms with Gasteiger partial charge in [-0.2, -0.15) is 17.0 Å². The second-order valence-electron chi connectivity index (χ2n) is 29.2. The molecule has 28 heteroatoms. The third kappa shape index (κ3) is 28.5. The molecule has 0 saturated carbocycles. The second-order valence-corrected chi connectivity index (χ2v) is 31.7. The minimum absolute atomic E-state index is 0. The van der Waals surface area contributed by atoms with Gasteiger partial charge >= 0.3 is 31.0 Å². The lowest BCUT2D eigenvalue weighted by Gasteiger charge is -2.22. The van der Waals surface area contributed by atoms with Gasteiger partial charge in [0.1, 0.15) is 5.82 Å². The lowest BCUT2D eigenvalue weighted by molar-refractivity contribution is -0.276. The quantitative estimate of drug-likeness (QED) is 0.0185. The minimum Gasteiger partial charge on any atom is -0.504 e. The highest BCUT2D eigenvalue weighted by Gasteiger charge is 2.37. The molecular formula is C89H105F17O8S3. The maximum Gasteiger partial charge on any atom is 0.573 e. The number of carbonyl (C=O) groups is 2. The molecule has 0 fully saturated rings. The zero-order valence-corrected chi connectivity index (χ0v) is 68.6. The molecule has 0 radical (unpaired) electrons. The number of aromatic hydroxyl groups is 1. The van der Waals surface area contributed by atoms with Gasteiger partial charge in [-0.3, -0.25) is 9.59 Å². The Bertz CT molecular complexity index is 4490. The Morgan fingerprint density at radius 1 is 0.453 bits per heavy atom. The van der Waals surface area contributed by atoms with Crippen molar-refractivity contribution in [2.45, 2.75) is 240 Å². The molecule has 8 nitrogen and oxygen atoms in total. The van der Waals surface area contributed by atoms with E-state index < -0.39 is 106 Å². The van der Waals surface area contributed by atoms with Crippen molar-refractivity contribution in [3.8, 4) is 45.3 Å². The molecule has 117 heavy (non-hydrogen) atoms. The molecule has 7 aromatic rings. The van der Waals surface area contributed by atoms with Crippen LogP contribution in [-0.2, 0) is 19.1 Å². The predicted molar refractivity (Wildman–Crippen MR) is 434 cm³/mol. The molecule has 3 aliphatic rings. The number of thioether (sulfide) groups is 1. The van der Waals surface area contributed by atoms with Crippen LogP contribution in [0.2, 0.25) is 0 Å². The highest BCUT2D eigenvalue weighted by atomic mass is 32.2. The summed E-state index contributed by atoms with van der Waals surface area (Å²) >= 11 is 5.52. The SMILES string of the molecule is C.CCCC1CC=C(c2ccc(-c3ccc(OC(F)(F)F)c(F)c3O)c(F)c2F)CC1.CCCC1CC=C(c2ccc3c(sc4c(F)c(OC(F)(F)F)ccc43)c2F)CC1.CCCCC(CC)COC(=O)CCS.CCCCC(CC)COC(=O)CCSc1c(-c2ccc(C3=CCC(CCC)CC3)c(F)c2F)ccc(OC(F)(F)F)c1F. The first-order valence-corrected chi connectivity index (χ1v) is 42.1. The van der Waals surface area contributed by atoms with Crippen LogP contribution in [0, 0.1) is 76.1 Å². The van der Waals surface area contributed by atoms with Gasteiger partial charge in [-0.15, -0.1) is 62.6 Å². The number of rotatable bonds is 32. The minimum atomic E-state index is -5.17. The van der Waals surface area contributed by atoms with E-state index in [1.807, 2.05) is 19.1 Å². The molecule has 0 spiro atoms. The van der Waals surface area contributed by atoms with Crippen LogP contribution in [-0.4, -0.2) is 60.9 Å². The highest BCUT2D eigenvalue weighted by Crippen LogP contribution is 2.47. The molecule has 6 aromatic carbocycles. The van der Waals surface area contributed by atoms with Crippen molar-refractivity contribution in [2.75, 3.05) is 24.7 Å². The molecule has 5 atom stereocenters. The number of unbranched alkanes of at least 4 members (excludes halogenated alkanes) is 2. The fourth-order valence-electron chi connectivity index (χ4n) is 14.4. The number of alkyl halides is 9. The van der Waals surface area contributed by atoms with Gasteiger partial charge in [0.05, 0.1) is 40.4 Å². The maximum atomic E-state index is 15.5. The van der Waals surface area contributed by atoms with Gasteiger partial charge in [0.2, 0.25) is 5.82 Å². The van der Waals surface area contributed by atoms with Crippen LogP contribution in [0.1, 0.15) is 233 Å². The number of halogens is 17. The smallest absolute Gasteiger partial charge is 0.504 e. The number of esters is 2. The van der Waals surface area contributed by atoms with E-state index in [4.69, 9.17) is 9.47 Å². The third-order valence-electron chi connectivity index (χ3n) is 20.8. The molecule has 1 heterocycles. The average Bonchev–Trinajstić information content (AvgIpc) is 1.63. The Morgan fingerprint density at radius 2 is 0.803 bits per heavy atom. The Morgan fingerprint density at radius 3 is 1.21 bits per heavy atom. The topological polar surface area (TPSA) is 101 Å². The van der Waals surface area contributed by atoms with Gasteiger partial charge in [0, 0.05) is 61.2 Å². The molecule has 1 aromatic heterocycles. The monoisotopic (exact) mass is 1720 g/mol. The van der Waals surface area contributed by atoms with Crippen LogP contribution < -0.4 is 14.2 Å². The van der Waals surface area contributed by atoms with E-state index in [0.29, 0.717) is 88.8 Å². The average molecular weight is 1720 g/mol. The summed E-state index contributed by atoms with van der Waals surface area (Å²) in [5.74, 6) is -11.7. The van der Waals surface area contributed by atoms with Crippen molar-refractivity contribution in [2.24, 2.45) is 29.6 Å². The molecule has 646 valence electrons. The number of allylic oxidation sites excluding steroid dienone is 6. The molecular weight excluding hydrogens is 1620 g/mol. The van der Waals surface area contributed by atoms with Crippen LogP contribution in [0.25, 0.3) is 59.1 Å². The Kier molecular flexibility index (Phi) is 39.3. The number of hydrogen-bond donors (Lipinski definition) is 2. The van der Waals surface area contributed by atoms with Gasteiger partial charge in [0.25, 0.3) is 0 Å². The number of fused-ring (bicyclic) bond motifs is 3. The number of phenols is 1. The summed E-state index contributed by atoms with van der Waals surface area (Å²) in [6, 6.07) is 14.2. The van der Waals surface area contributed by atoms with Crippen LogP contribution in [0.5, 0.6) is 23.0 Å². The number of thiophene rings is 1. The number of ether oxygens (including phenoxy) is 5. The summed E-state index contributed by atoms with van der Waals surface area (Å²) in [5, 5.41) is 10.8. The molecule has 0 aliphatic heterocycles. The third-order valence-corrected chi connectivity index (χ3v) is 23.3. The number of hydrogen-bond acceptors (Lipinski definition) is 11. The Balaban J connectivity index is 0.000000255. The first-order valence-electron chi connectivity index (χ1n) is 39.7. The van der Waals surface area contributed by atoms with E-state index in [2.05, 4.69) is 74.5 Å². The van der Waals surface area contributed by atoms with E-state index in [1.54, 1.807) is 12.1 Å². The van der Waals surface area contributed by atoms with Crippen LogP contribution in [0.4, 0.5) is 74.6 Å². The van der Waals surface area contributed by atoms with E-state index in [0.717, 1.165) is 169 Å². The lowest BCUT2D eigenvalue weighted by atomic mass is 9.84. The first-order chi connectivity index (χ1) is 55.1. The van der Waals surface area contributed by atoms with Crippen molar-refractivity contribution in [3.63, 3.8) is 0 Å².